The van der Waals surface area contributed by atoms with Crippen molar-refractivity contribution < 1.29 is 14.2 Å². The van der Waals surface area contributed by atoms with E-state index in [1.165, 1.54) is 0 Å². The first-order chi connectivity index (χ1) is 12.7. The fourth-order valence-electron chi connectivity index (χ4n) is 2.36. The van der Waals surface area contributed by atoms with E-state index in [-0.39, 0.29) is 0 Å². The minimum absolute atomic E-state index is 0.556. The summed E-state index contributed by atoms with van der Waals surface area (Å²) in [5.74, 6) is 2.35. The lowest BCUT2D eigenvalue weighted by molar-refractivity contribution is 0.287. The first-order valence-corrected chi connectivity index (χ1v) is 9.23. The van der Waals surface area contributed by atoms with Gasteiger partial charge >= 0.3 is 0 Å². The fourth-order valence-corrected chi connectivity index (χ4v) is 2.55. The minimum atomic E-state index is 0.556. The maximum atomic E-state index is 5.65. The van der Waals surface area contributed by atoms with Crippen molar-refractivity contribution in [3.8, 4) is 17.2 Å². The highest BCUT2D eigenvalue weighted by Gasteiger charge is 2.07. The quantitative estimate of drug-likeness (QED) is 0.636. The molecule has 2 N–H and O–H groups in total. The van der Waals surface area contributed by atoms with Gasteiger partial charge in [0.1, 0.15) is 5.75 Å². The van der Waals surface area contributed by atoms with E-state index < -0.39 is 0 Å². The summed E-state index contributed by atoms with van der Waals surface area (Å²) in [5, 5.41) is 6.92. The van der Waals surface area contributed by atoms with Gasteiger partial charge in [-0.15, -0.1) is 0 Å². The van der Waals surface area contributed by atoms with Crippen LogP contribution in [0.5, 0.6) is 17.2 Å². The van der Waals surface area contributed by atoms with Crippen molar-refractivity contribution in [3.05, 3.63) is 48.0 Å². The van der Waals surface area contributed by atoms with E-state index in [9.17, 15) is 0 Å². The highest BCUT2D eigenvalue weighted by molar-refractivity contribution is 7.80. The van der Waals surface area contributed by atoms with Crippen LogP contribution in [0.2, 0.25) is 0 Å². The summed E-state index contributed by atoms with van der Waals surface area (Å²) in [6.45, 7) is 8.31. The van der Waals surface area contributed by atoms with Crippen LogP contribution in [0.4, 0.5) is 5.69 Å². The van der Waals surface area contributed by atoms with Crippen molar-refractivity contribution >= 4 is 23.0 Å². The lowest BCUT2D eigenvalue weighted by Gasteiger charge is -2.14. The number of thiocarbonyl (C=S) groups is 1. The molecule has 140 valence electrons. The molecule has 0 amide bonds. The molecule has 0 aliphatic rings. The van der Waals surface area contributed by atoms with E-state index >= 15 is 0 Å². The van der Waals surface area contributed by atoms with Crippen LogP contribution in [-0.4, -0.2) is 24.9 Å². The molecule has 6 heteroatoms. The molecule has 0 aromatic heterocycles. The third-order valence-corrected chi connectivity index (χ3v) is 3.73. The summed E-state index contributed by atoms with van der Waals surface area (Å²) >= 11 is 5.36. The zero-order valence-electron chi connectivity index (χ0n) is 15.5. The Hall–Kier alpha value is -2.47. The maximum absolute atomic E-state index is 5.65. The van der Waals surface area contributed by atoms with Gasteiger partial charge < -0.3 is 24.8 Å². The first kappa shape index (κ1) is 19.8. The van der Waals surface area contributed by atoms with Crippen LogP contribution in [0.15, 0.2) is 42.5 Å². The van der Waals surface area contributed by atoms with Crippen LogP contribution in [0, 0.1) is 0 Å². The van der Waals surface area contributed by atoms with Crippen LogP contribution in [0.1, 0.15) is 26.3 Å². The van der Waals surface area contributed by atoms with Crippen LogP contribution < -0.4 is 24.8 Å². The monoisotopic (exact) mass is 374 g/mol. The Morgan fingerprint density at radius 3 is 2.15 bits per heavy atom. The predicted octanol–water partition coefficient (Wildman–Crippen LogP) is 4.37. The summed E-state index contributed by atoms with van der Waals surface area (Å²) < 4.78 is 16.7. The van der Waals surface area contributed by atoms with Gasteiger partial charge in [0.2, 0.25) is 0 Å². The van der Waals surface area contributed by atoms with Gasteiger partial charge in [-0.05, 0) is 75.0 Å². The van der Waals surface area contributed by atoms with E-state index in [0.29, 0.717) is 31.5 Å². The van der Waals surface area contributed by atoms with Crippen molar-refractivity contribution in [1.82, 2.24) is 5.32 Å². The molecule has 0 atom stereocenters. The van der Waals surface area contributed by atoms with Crippen LogP contribution >= 0.6 is 12.2 Å². The number of rotatable bonds is 9. The Morgan fingerprint density at radius 2 is 1.50 bits per heavy atom. The number of hydrogen-bond donors (Lipinski definition) is 2. The number of hydrogen-bond acceptors (Lipinski definition) is 4. The molecule has 0 heterocycles. The lowest BCUT2D eigenvalue weighted by Crippen LogP contribution is -2.27. The topological polar surface area (TPSA) is 51.8 Å². The zero-order valence-corrected chi connectivity index (χ0v) is 16.3. The molecule has 0 unspecified atom stereocenters. The normalized spacial score (nSPS) is 10.1. The molecule has 0 aliphatic heterocycles. The molecule has 2 aromatic rings. The molecule has 5 nitrogen and oxygen atoms in total. The van der Waals surface area contributed by atoms with Crippen LogP contribution in [0.25, 0.3) is 0 Å². The second-order valence-corrected chi connectivity index (χ2v) is 5.82. The van der Waals surface area contributed by atoms with Crippen LogP contribution in [-0.2, 0) is 6.54 Å². The summed E-state index contributed by atoms with van der Waals surface area (Å²) in [5.41, 5.74) is 1.97. The molecule has 26 heavy (non-hydrogen) atoms. The largest absolute Gasteiger partial charge is 0.494 e. The van der Waals surface area contributed by atoms with Crippen molar-refractivity contribution in [2.24, 2.45) is 0 Å². The molecule has 0 aliphatic carbocycles. The Balaban J connectivity index is 1.90. The van der Waals surface area contributed by atoms with Gasteiger partial charge in [0.05, 0.1) is 19.8 Å². The second-order valence-electron chi connectivity index (χ2n) is 5.41. The molecule has 0 saturated carbocycles. The van der Waals surface area contributed by atoms with E-state index in [1.807, 2.05) is 63.2 Å². The first-order valence-electron chi connectivity index (χ1n) is 8.82. The van der Waals surface area contributed by atoms with E-state index in [2.05, 4.69) is 10.6 Å². The average Bonchev–Trinajstić information content (AvgIpc) is 2.64. The van der Waals surface area contributed by atoms with Gasteiger partial charge in [-0.25, -0.2) is 0 Å². The maximum Gasteiger partial charge on any atom is 0.171 e. The van der Waals surface area contributed by atoms with Gasteiger partial charge in [0.15, 0.2) is 16.6 Å². The summed E-state index contributed by atoms with van der Waals surface area (Å²) in [7, 11) is 0. The molecule has 0 saturated heterocycles. The van der Waals surface area contributed by atoms with Crippen molar-refractivity contribution in [2.75, 3.05) is 25.1 Å². The zero-order chi connectivity index (χ0) is 18.8. The molecule has 2 aromatic carbocycles. The molecule has 0 fully saturated rings. The van der Waals surface area contributed by atoms with E-state index in [4.69, 9.17) is 26.4 Å². The molecule has 2 rings (SSSR count). The minimum Gasteiger partial charge on any atom is -0.494 e. The highest BCUT2D eigenvalue weighted by Crippen LogP contribution is 2.28. The predicted molar refractivity (Wildman–Crippen MR) is 109 cm³/mol. The van der Waals surface area contributed by atoms with E-state index in [1.54, 1.807) is 0 Å². The van der Waals surface area contributed by atoms with Gasteiger partial charge in [0.25, 0.3) is 0 Å². The number of benzene rings is 2. The third kappa shape index (κ3) is 6.11. The fraction of sp³-hybridized carbons (Fsp3) is 0.350. The van der Waals surface area contributed by atoms with Gasteiger partial charge in [0, 0.05) is 12.2 Å². The van der Waals surface area contributed by atoms with Gasteiger partial charge in [-0.2, -0.15) is 0 Å². The van der Waals surface area contributed by atoms with Crippen LogP contribution in [0.3, 0.4) is 0 Å². The molecule has 0 spiro atoms. The van der Waals surface area contributed by atoms with Gasteiger partial charge in [-0.3, -0.25) is 0 Å². The van der Waals surface area contributed by atoms with Crippen molar-refractivity contribution in [2.45, 2.75) is 27.3 Å². The molecule has 0 radical (unpaired) electrons. The Labute approximate surface area is 160 Å². The third-order valence-electron chi connectivity index (χ3n) is 3.48. The van der Waals surface area contributed by atoms with Crippen molar-refractivity contribution in [1.29, 1.82) is 0 Å². The summed E-state index contributed by atoms with van der Waals surface area (Å²) in [4.78, 5) is 0. The van der Waals surface area contributed by atoms with E-state index in [0.717, 1.165) is 28.5 Å². The Bertz CT molecular complexity index is 705. The Kier molecular flexibility index (Phi) is 8.02. The average molecular weight is 375 g/mol. The highest BCUT2D eigenvalue weighted by atomic mass is 32.1. The smallest absolute Gasteiger partial charge is 0.171 e. The molecular weight excluding hydrogens is 348 g/mol. The van der Waals surface area contributed by atoms with Crippen molar-refractivity contribution in [3.63, 3.8) is 0 Å². The SMILES string of the molecule is CCOc1ccc(NC(=S)NCc2ccc(OCC)c(OCC)c2)cc1. The second kappa shape index (κ2) is 10.5. The van der Waals surface area contributed by atoms with Gasteiger partial charge in [-0.1, -0.05) is 6.07 Å². The standard InChI is InChI=1S/C20H26N2O3S/c1-4-23-17-10-8-16(9-11-17)22-20(26)21-14-15-7-12-18(24-5-2)19(13-15)25-6-3/h7-13H,4-6,14H2,1-3H3,(H2,21,22,26). The Morgan fingerprint density at radius 1 is 0.846 bits per heavy atom. The summed E-state index contributed by atoms with van der Waals surface area (Å²) in [6.07, 6.45) is 0. The molecule has 0 bridgehead atoms. The lowest BCUT2D eigenvalue weighted by atomic mass is 10.2. The number of anilines is 1. The number of ether oxygens (including phenoxy) is 3. The summed E-state index contributed by atoms with van der Waals surface area (Å²) in [6, 6.07) is 13.6. The molecular formula is C20H26N2O3S. The number of nitrogens with one attached hydrogen (secondary N) is 2.